The van der Waals surface area contributed by atoms with Gasteiger partial charge in [-0.15, -0.1) is 0 Å². The lowest BCUT2D eigenvalue weighted by Gasteiger charge is -2.03. The molecule has 0 saturated heterocycles. The molecule has 132 valence electrons. The van der Waals surface area contributed by atoms with Gasteiger partial charge in [-0.2, -0.15) is 0 Å². The van der Waals surface area contributed by atoms with E-state index in [2.05, 4.69) is 17.4 Å². The second kappa shape index (κ2) is 7.18. The maximum absolute atomic E-state index is 12.3. The van der Waals surface area contributed by atoms with Crippen molar-refractivity contribution in [3.63, 3.8) is 0 Å². The van der Waals surface area contributed by atoms with E-state index in [1.165, 1.54) is 23.8 Å². The van der Waals surface area contributed by atoms with E-state index in [4.69, 9.17) is 4.52 Å². The van der Waals surface area contributed by atoms with E-state index in [1.54, 1.807) is 13.0 Å². The van der Waals surface area contributed by atoms with Gasteiger partial charge in [-0.05, 0) is 31.0 Å². The molecular weight excluding hydrogens is 334 g/mol. The first-order valence-corrected chi connectivity index (χ1v) is 8.10. The van der Waals surface area contributed by atoms with Crippen LogP contribution in [-0.2, 0) is 6.42 Å². The summed E-state index contributed by atoms with van der Waals surface area (Å²) in [5.74, 6) is -0.215. The third kappa shape index (κ3) is 3.61. The van der Waals surface area contributed by atoms with Crippen LogP contribution in [0.15, 0.2) is 53.1 Å². The summed E-state index contributed by atoms with van der Waals surface area (Å²) >= 11 is 0. The highest BCUT2D eigenvalue weighted by molar-refractivity contribution is 6.04. The first kappa shape index (κ1) is 17.3. The zero-order valence-electron chi connectivity index (χ0n) is 14.4. The molecule has 1 amide bonds. The van der Waals surface area contributed by atoms with Crippen LogP contribution in [0, 0.1) is 17.0 Å². The number of carbonyl (C=O) groups excluding carboxylic acids is 1. The Morgan fingerprint density at radius 1 is 1.19 bits per heavy atom. The van der Waals surface area contributed by atoms with Crippen molar-refractivity contribution in [1.82, 2.24) is 5.16 Å². The van der Waals surface area contributed by atoms with Crippen LogP contribution >= 0.6 is 0 Å². The fraction of sp³-hybridized carbons (Fsp3) is 0.158. The summed E-state index contributed by atoms with van der Waals surface area (Å²) in [6.45, 7) is 3.67. The van der Waals surface area contributed by atoms with Crippen LogP contribution in [0.1, 0.15) is 28.4 Å². The number of benzene rings is 2. The van der Waals surface area contributed by atoms with Crippen LogP contribution in [0.2, 0.25) is 0 Å². The van der Waals surface area contributed by atoms with Crippen LogP contribution in [-0.4, -0.2) is 16.0 Å². The van der Waals surface area contributed by atoms with Gasteiger partial charge in [0.25, 0.3) is 11.6 Å². The van der Waals surface area contributed by atoms with E-state index in [0.717, 1.165) is 12.0 Å². The van der Waals surface area contributed by atoms with Crippen LogP contribution in [0.3, 0.4) is 0 Å². The summed E-state index contributed by atoms with van der Waals surface area (Å²) in [6, 6.07) is 13.7. The number of nitro groups is 1. The lowest BCUT2D eigenvalue weighted by Crippen LogP contribution is -2.11. The molecule has 1 aromatic heterocycles. The van der Waals surface area contributed by atoms with Crippen molar-refractivity contribution >= 4 is 17.5 Å². The SMILES string of the molecule is CCc1ccc(-c2cc(NC(=O)c3ccc([N+](=O)[O-])c(C)c3)on2)cc1. The monoisotopic (exact) mass is 351 g/mol. The van der Waals surface area contributed by atoms with Crippen molar-refractivity contribution < 1.29 is 14.2 Å². The number of rotatable bonds is 5. The fourth-order valence-corrected chi connectivity index (χ4v) is 2.57. The summed E-state index contributed by atoms with van der Waals surface area (Å²) in [5.41, 5.74) is 3.41. The predicted octanol–water partition coefficient (Wildman–Crippen LogP) is 4.37. The van der Waals surface area contributed by atoms with Gasteiger partial charge in [0.1, 0.15) is 5.69 Å². The largest absolute Gasteiger partial charge is 0.338 e. The highest BCUT2D eigenvalue weighted by atomic mass is 16.6. The minimum atomic E-state index is -0.483. The lowest BCUT2D eigenvalue weighted by atomic mass is 10.1. The molecule has 0 saturated carbocycles. The second-order valence-corrected chi connectivity index (χ2v) is 5.84. The van der Waals surface area contributed by atoms with Crippen molar-refractivity contribution in [3.8, 4) is 11.3 Å². The normalized spacial score (nSPS) is 10.5. The summed E-state index contributed by atoms with van der Waals surface area (Å²) in [6.07, 6.45) is 0.953. The maximum atomic E-state index is 12.3. The van der Waals surface area contributed by atoms with Crippen molar-refractivity contribution in [2.24, 2.45) is 0 Å². The van der Waals surface area contributed by atoms with Crippen LogP contribution in [0.4, 0.5) is 11.6 Å². The lowest BCUT2D eigenvalue weighted by molar-refractivity contribution is -0.385. The third-order valence-electron chi connectivity index (χ3n) is 4.06. The molecule has 26 heavy (non-hydrogen) atoms. The number of hydrogen-bond acceptors (Lipinski definition) is 5. The van der Waals surface area contributed by atoms with Gasteiger partial charge in [0.2, 0.25) is 5.88 Å². The quantitative estimate of drug-likeness (QED) is 0.543. The number of aromatic nitrogens is 1. The summed E-state index contributed by atoms with van der Waals surface area (Å²) in [4.78, 5) is 22.7. The standard InChI is InChI=1S/C19H17N3O4/c1-3-13-4-6-14(7-5-13)16-11-18(26-21-16)20-19(23)15-8-9-17(22(24)25)12(2)10-15/h4-11H,3H2,1-2H3,(H,20,23). The van der Waals surface area contributed by atoms with Crippen molar-refractivity contribution in [3.05, 3.63) is 75.3 Å². The highest BCUT2D eigenvalue weighted by Gasteiger charge is 2.15. The fourth-order valence-electron chi connectivity index (χ4n) is 2.57. The topological polar surface area (TPSA) is 98.3 Å². The zero-order valence-corrected chi connectivity index (χ0v) is 14.4. The third-order valence-corrected chi connectivity index (χ3v) is 4.06. The molecule has 2 aromatic carbocycles. The van der Waals surface area contributed by atoms with Crippen LogP contribution < -0.4 is 5.32 Å². The molecule has 0 atom stereocenters. The molecule has 0 spiro atoms. The Hall–Kier alpha value is -3.48. The Bertz CT molecular complexity index is 961. The molecule has 7 nitrogen and oxygen atoms in total. The summed E-state index contributed by atoms with van der Waals surface area (Å²) in [5, 5.41) is 17.4. The second-order valence-electron chi connectivity index (χ2n) is 5.84. The first-order chi connectivity index (χ1) is 12.5. The molecule has 0 aliphatic rings. The summed E-state index contributed by atoms with van der Waals surface area (Å²) in [7, 11) is 0. The number of aryl methyl sites for hydroxylation is 2. The smallest absolute Gasteiger partial charge is 0.272 e. The first-order valence-electron chi connectivity index (χ1n) is 8.10. The number of anilines is 1. The molecule has 0 unspecified atom stereocenters. The van der Waals surface area contributed by atoms with Gasteiger partial charge in [0.15, 0.2) is 0 Å². The van der Waals surface area contributed by atoms with Crippen molar-refractivity contribution in [2.45, 2.75) is 20.3 Å². The Kier molecular flexibility index (Phi) is 4.79. The van der Waals surface area contributed by atoms with Crippen molar-refractivity contribution in [2.75, 3.05) is 5.32 Å². The Labute approximate surface area is 149 Å². The van der Waals surface area contributed by atoms with Gasteiger partial charge >= 0.3 is 0 Å². The van der Waals surface area contributed by atoms with E-state index in [9.17, 15) is 14.9 Å². The van der Waals surface area contributed by atoms with Crippen LogP contribution in [0.5, 0.6) is 0 Å². The number of nitrogens with one attached hydrogen (secondary N) is 1. The molecule has 0 bridgehead atoms. The average molecular weight is 351 g/mol. The zero-order chi connectivity index (χ0) is 18.7. The highest BCUT2D eigenvalue weighted by Crippen LogP contribution is 2.23. The molecular formula is C19H17N3O4. The van der Waals surface area contributed by atoms with Gasteiger partial charge < -0.3 is 4.52 Å². The van der Waals surface area contributed by atoms with Crippen molar-refractivity contribution in [1.29, 1.82) is 0 Å². The number of amides is 1. The van der Waals surface area contributed by atoms with E-state index < -0.39 is 10.8 Å². The number of nitrogens with zero attached hydrogens (tertiary/aromatic N) is 2. The molecule has 3 aromatic rings. The Morgan fingerprint density at radius 3 is 2.54 bits per heavy atom. The Balaban J connectivity index is 1.75. The van der Waals surface area contributed by atoms with E-state index in [-0.39, 0.29) is 11.6 Å². The van der Waals surface area contributed by atoms with Gasteiger partial charge in [0, 0.05) is 28.8 Å². The molecule has 1 N–H and O–H groups in total. The Morgan fingerprint density at radius 2 is 1.92 bits per heavy atom. The predicted molar refractivity (Wildman–Crippen MR) is 97.1 cm³/mol. The van der Waals surface area contributed by atoms with E-state index >= 15 is 0 Å². The molecule has 3 rings (SSSR count). The number of nitro benzene ring substituents is 1. The van der Waals surface area contributed by atoms with E-state index in [1.807, 2.05) is 24.3 Å². The molecule has 0 radical (unpaired) electrons. The maximum Gasteiger partial charge on any atom is 0.272 e. The number of carbonyl (C=O) groups is 1. The molecule has 1 heterocycles. The van der Waals surface area contributed by atoms with Crippen LogP contribution in [0.25, 0.3) is 11.3 Å². The molecule has 7 heteroatoms. The molecule has 0 aliphatic heterocycles. The summed E-state index contributed by atoms with van der Waals surface area (Å²) < 4.78 is 5.17. The van der Waals surface area contributed by atoms with Gasteiger partial charge in [-0.1, -0.05) is 36.3 Å². The van der Waals surface area contributed by atoms with E-state index in [0.29, 0.717) is 16.8 Å². The van der Waals surface area contributed by atoms with Gasteiger partial charge in [-0.25, -0.2) is 0 Å². The number of hydrogen-bond donors (Lipinski definition) is 1. The van der Waals surface area contributed by atoms with Gasteiger partial charge in [-0.3, -0.25) is 20.2 Å². The minimum absolute atomic E-state index is 0.0287. The molecule has 0 aliphatic carbocycles. The minimum Gasteiger partial charge on any atom is -0.338 e. The van der Waals surface area contributed by atoms with Gasteiger partial charge in [0.05, 0.1) is 4.92 Å². The molecule has 0 fully saturated rings. The average Bonchev–Trinajstić information content (AvgIpc) is 3.09.